The third kappa shape index (κ3) is 7.75. The Morgan fingerprint density at radius 2 is 1.57 bits per heavy atom. The summed E-state index contributed by atoms with van der Waals surface area (Å²) in [5.74, 6) is -1.62. The summed E-state index contributed by atoms with van der Waals surface area (Å²) in [4.78, 5) is 68.2. The molecule has 0 bridgehead atoms. The fourth-order valence-electron chi connectivity index (χ4n) is 7.66. The molecule has 0 spiro atoms. The van der Waals surface area contributed by atoms with E-state index in [1.165, 1.54) is 16.9 Å². The monoisotopic (exact) mass is 833 g/mol. The van der Waals surface area contributed by atoms with Crippen molar-refractivity contribution >= 4 is 63.4 Å². The highest BCUT2D eigenvalue weighted by Gasteiger charge is 2.46. The number of carbonyl (C=O) groups excluding carboxylic acids is 4. The first-order valence-corrected chi connectivity index (χ1v) is 20.0. The van der Waals surface area contributed by atoms with Crippen LogP contribution in [-0.4, -0.2) is 111 Å². The van der Waals surface area contributed by atoms with Gasteiger partial charge in [-0.25, -0.2) is 15.0 Å². The molecule has 0 radical (unpaired) electrons. The molecule has 318 valence electrons. The van der Waals surface area contributed by atoms with Crippen LogP contribution in [0.15, 0.2) is 42.6 Å². The van der Waals surface area contributed by atoms with Gasteiger partial charge in [-0.3, -0.25) is 48.6 Å². The SMILES string of the molecule is CCn1nc(C)cc1C(=O)Nc1nc2cc(C(N)=O)cnc2n1C/C=C/Cn1c(NC(=O)c2c(N)c(C)nn2CC)nc2cc(C(N)=O)cc(OCCCN3CC4OCC43)c21. The molecule has 21 nitrogen and oxygen atoms in total. The Hall–Kier alpha value is -7.13. The number of nitrogens with two attached hydrogens (primary N) is 3. The van der Waals surface area contributed by atoms with Crippen molar-refractivity contribution in [1.29, 1.82) is 0 Å². The van der Waals surface area contributed by atoms with Crippen LogP contribution in [0.5, 0.6) is 5.75 Å². The van der Waals surface area contributed by atoms with Crippen LogP contribution in [0.4, 0.5) is 17.6 Å². The van der Waals surface area contributed by atoms with Gasteiger partial charge in [0.05, 0.1) is 53.5 Å². The van der Waals surface area contributed by atoms with Gasteiger partial charge in [-0.1, -0.05) is 12.2 Å². The molecule has 7 heterocycles. The molecule has 5 aromatic heterocycles. The number of morpholine rings is 1. The summed E-state index contributed by atoms with van der Waals surface area (Å²) in [6, 6.07) is 6.78. The first kappa shape index (κ1) is 40.6. The quantitative estimate of drug-likeness (QED) is 0.0652. The average Bonchev–Trinajstić information content (AvgIpc) is 3.96. The number of carbonyl (C=O) groups is 4. The van der Waals surface area contributed by atoms with Gasteiger partial charge < -0.3 is 31.2 Å². The van der Waals surface area contributed by atoms with Gasteiger partial charge >= 0.3 is 0 Å². The average molecular weight is 834 g/mol. The van der Waals surface area contributed by atoms with Crippen LogP contribution in [0.1, 0.15) is 73.3 Å². The van der Waals surface area contributed by atoms with E-state index < -0.39 is 23.6 Å². The van der Waals surface area contributed by atoms with Crippen LogP contribution >= 0.6 is 0 Å². The number of hydrogen-bond acceptors (Lipinski definition) is 13. The maximum Gasteiger partial charge on any atom is 0.278 e. The summed E-state index contributed by atoms with van der Waals surface area (Å²) in [6.45, 7) is 11.3. The van der Waals surface area contributed by atoms with E-state index in [0.29, 0.717) is 76.9 Å². The lowest BCUT2D eigenvalue weighted by Crippen LogP contribution is -2.70. The van der Waals surface area contributed by atoms with Gasteiger partial charge in [-0.2, -0.15) is 10.2 Å². The number of allylic oxidation sites excluding steroid dienone is 2. The number of imidazole rings is 2. The second kappa shape index (κ2) is 16.5. The summed E-state index contributed by atoms with van der Waals surface area (Å²) in [5.41, 5.74) is 21.5. The molecule has 0 aliphatic carbocycles. The number of benzene rings is 1. The maximum atomic E-state index is 13.9. The molecule has 0 saturated carbocycles. The highest BCUT2D eigenvalue weighted by atomic mass is 16.5. The number of aryl methyl sites for hydroxylation is 4. The minimum atomic E-state index is -0.673. The van der Waals surface area contributed by atoms with Gasteiger partial charge in [-0.15, -0.1) is 0 Å². The van der Waals surface area contributed by atoms with Crippen LogP contribution in [0.25, 0.3) is 22.2 Å². The largest absolute Gasteiger partial charge is 0.491 e. The molecule has 2 aliphatic heterocycles. The van der Waals surface area contributed by atoms with Crippen LogP contribution < -0.4 is 32.6 Å². The van der Waals surface area contributed by atoms with Gasteiger partial charge in [-0.05, 0) is 58.4 Å². The van der Waals surface area contributed by atoms with Crippen LogP contribution in [0, 0.1) is 13.8 Å². The van der Waals surface area contributed by atoms with Crippen molar-refractivity contribution in [2.45, 2.75) is 72.4 Å². The molecular formula is C40H47N15O6. The molecule has 61 heavy (non-hydrogen) atoms. The number of nitrogens with one attached hydrogen (secondary N) is 2. The van der Waals surface area contributed by atoms with E-state index in [4.69, 9.17) is 31.7 Å². The molecule has 2 fully saturated rings. The second-order valence-corrected chi connectivity index (χ2v) is 14.9. The molecule has 2 saturated heterocycles. The number of pyridine rings is 1. The van der Waals surface area contributed by atoms with Gasteiger partial charge in [0.1, 0.15) is 28.2 Å². The molecule has 21 heteroatoms. The Morgan fingerprint density at radius 3 is 2.25 bits per heavy atom. The summed E-state index contributed by atoms with van der Waals surface area (Å²) in [7, 11) is 0. The molecular weight excluding hydrogens is 787 g/mol. The number of nitrogens with zero attached hydrogens (tertiary/aromatic N) is 10. The summed E-state index contributed by atoms with van der Waals surface area (Å²) < 4.78 is 18.4. The molecule has 2 aliphatic rings. The number of primary amides is 2. The number of anilines is 3. The van der Waals surface area contributed by atoms with Crippen LogP contribution in [-0.2, 0) is 30.9 Å². The van der Waals surface area contributed by atoms with Gasteiger partial charge in [0.2, 0.25) is 23.7 Å². The molecule has 8 rings (SSSR count). The predicted molar refractivity (Wildman–Crippen MR) is 224 cm³/mol. The number of aromatic nitrogens is 9. The van der Waals surface area contributed by atoms with Gasteiger partial charge in [0.25, 0.3) is 11.8 Å². The first-order chi connectivity index (χ1) is 29.3. The predicted octanol–water partition coefficient (Wildman–Crippen LogP) is 2.22. The number of nitrogen functional groups attached to an aromatic ring is 1. The Labute approximate surface area is 348 Å². The lowest BCUT2D eigenvalue weighted by atomic mass is 9.95. The van der Waals surface area contributed by atoms with E-state index in [9.17, 15) is 19.2 Å². The fourth-order valence-corrected chi connectivity index (χ4v) is 7.66. The fraction of sp³-hybridized carbons (Fsp3) is 0.375. The van der Waals surface area contributed by atoms with Gasteiger partial charge in [0, 0.05) is 51.0 Å². The number of ether oxygens (including phenoxy) is 2. The van der Waals surface area contributed by atoms with E-state index in [1.807, 2.05) is 26.0 Å². The zero-order chi connectivity index (χ0) is 43.1. The number of rotatable bonds is 17. The standard InChI is InChI=1S/C40H47N15O6/c1-5-54-27(14-21(3)49-54)37(58)47-40-46-26-16-24(35(43)57)18-44-36(26)53(40)12-8-7-11-52-32-25(45-39(52)48-38(59)33-31(41)22(4)50-55(33)6-2)15-23(34(42)56)17-29(32)60-13-9-10-51-19-30-28(51)20-61-30/h7-8,14-18,28,30H,5-6,9-13,19-20,41H2,1-4H3,(H2,42,56)(H2,43,57)(H,45,48,59)(H,46,47,58)/b8-7+. The minimum Gasteiger partial charge on any atom is -0.491 e. The van der Waals surface area contributed by atoms with E-state index in [2.05, 4.69) is 35.7 Å². The molecule has 2 unspecified atom stereocenters. The lowest BCUT2D eigenvalue weighted by Gasteiger charge is -2.55. The summed E-state index contributed by atoms with van der Waals surface area (Å²) in [6.07, 6.45) is 6.06. The van der Waals surface area contributed by atoms with Crippen LogP contribution in [0.2, 0.25) is 0 Å². The van der Waals surface area contributed by atoms with Crippen molar-refractivity contribution < 1.29 is 28.7 Å². The van der Waals surface area contributed by atoms with E-state index in [1.54, 1.807) is 45.9 Å². The third-order valence-corrected chi connectivity index (χ3v) is 10.9. The van der Waals surface area contributed by atoms with Crippen LogP contribution in [0.3, 0.4) is 0 Å². The van der Waals surface area contributed by atoms with Crippen molar-refractivity contribution in [2.75, 3.05) is 42.7 Å². The highest BCUT2D eigenvalue weighted by Crippen LogP contribution is 2.33. The van der Waals surface area contributed by atoms with Crippen molar-refractivity contribution in [3.8, 4) is 5.75 Å². The summed E-state index contributed by atoms with van der Waals surface area (Å²) in [5, 5.41) is 14.6. The zero-order valence-electron chi connectivity index (χ0n) is 34.2. The molecule has 2 atom stereocenters. The normalized spacial score (nSPS) is 16.1. The highest BCUT2D eigenvalue weighted by molar-refractivity contribution is 6.07. The zero-order valence-corrected chi connectivity index (χ0v) is 34.2. The number of fused-ring (bicyclic) bond motifs is 3. The van der Waals surface area contributed by atoms with E-state index in [0.717, 1.165) is 26.1 Å². The molecule has 1 aromatic carbocycles. The number of hydrogen-bond donors (Lipinski definition) is 5. The number of likely N-dealkylation sites (tertiary alicyclic amines) is 1. The van der Waals surface area contributed by atoms with Gasteiger partial charge in [0.15, 0.2) is 5.65 Å². The van der Waals surface area contributed by atoms with Crippen molar-refractivity contribution in [1.82, 2.24) is 48.5 Å². The first-order valence-electron chi connectivity index (χ1n) is 20.0. The van der Waals surface area contributed by atoms with E-state index in [-0.39, 0.29) is 47.5 Å². The maximum absolute atomic E-state index is 13.9. The van der Waals surface area contributed by atoms with E-state index >= 15 is 0 Å². The summed E-state index contributed by atoms with van der Waals surface area (Å²) >= 11 is 0. The van der Waals surface area contributed by atoms with Crippen molar-refractivity contribution in [2.24, 2.45) is 11.5 Å². The number of amides is 4. The third-order valence-electron chi connectivity index (χ3n) is 10.9. The molecule has 4 amide bonds. The van der Waals surface area contributed by atoms with Crippen molar-refractivity contribution in [3.63, 3.8) is 0 Å². The Bertz CT molecular complexity index is 2740. The smallest absolute Gasteiger partial charge is 0.278 e. The van der Waals surface area contributed by atoms with Crippen molar-refractivity contribution in [3.05, 3.63) is 76.5 Å². The topological polar surface area (TPSA) is 276 Å². The molecule has 6 aromatic rings. The lowest BCUT2D eigenvalue weighted by molar-refractivity contribution is -0.214. The molecule has 8 N–H and O–H groups in total. The Balaban J connectivity index is 1.12. The Kier molecular flexibility index (Phi) is 11.0. The Morgan fingerprint density at radius 1 is 0.885 bits per heavy atom. The minimum absolute atomic E-state index is 0.151. The second-order valence-electron chi connectivity index (χ2n) is 14.9.